The summed E-state index contributed by atoms with van der Waals surface area (Å²) in [5.74, 6) is 0. The molecule has 0 N–H and O–H groups in total. The van der Waals surface area contributed by atoms with Crippen LogP contribution in [0.1, 0.15) is 17.8 Å². The van der Waals surface area contributed by atoms with E-state index in [4.69, 9.17) is 0 Å². The minimum atomic E-state index is 0.908. The van der Waals surface area contributed by atoms with Gasteiger partial charge in [-0.15, -0.1) is 0 Å². The molecule has 0 saturated heterocycles. The lowest BCUT2D eigenvalue weighted by molar-refractivity contribution is 0.267. The molecule has 0 fully saturated rings. The third-order valence-electron chi connectivity index (χ3n) is 3.40. The van der Waals surface area contributed by atoms with Crippen LogP contribution in [0.25, 0.3) is 0 Å². The molecule has 2 heterocycles. The molecule has 0 aromatic carbocycles. The predicted molar refractivity (Wildman–Crippen MR) is 85.8 cm³/mol. The molecule has 2 rings (SSSR count). The Morgan fingerprint density at radius 1 is 0.762 bits per heavy atom. The summed E-state index contributed by atoms with van der Waals surface area (Å²) in [6.45, 7) is 3.96. The van der Waals surface area contributed by atoms with Crippen molar-refractivity contribution in [1.29, 1.82) is 0 Å². The van der Waals surface area contributed by atoms with E-state index in [0.717, 1.165) is 44.0 Å². The maximum absolute atomic E-state index is 4.36. The molecule has 0 atom stereocenters. The molecule has 112 valence electrons. The first-order chi connectivity index (χ1) is 10.2. The molecule has 0 aliphatic rings. The maximum atomic E-state index is 4.36. The highest BCUT2D eigenvalue weighted by Crippen LogP contribution is 2.02. The average Bonchev–Trinajstić information content (AvgIpc) is 2.49. The molecule has 0 spiro atoms. The Hall–Kier alpha value is -1.78. The number of hydrogen-bond donors (Lipinski definition) is 0. The van der Waals surface area contributed by atoms with E-state index in [-0.39, 0.29) is 0 Å². The molecule has 4 nitrogen and oxygen atoms in total. The monoisotopic (exact) mass is 284 g/mol. The van der Waals surface area contributed by atoms with E-state index in [1.165, 1.54) is 0 Å². The van der Waals surface area contributed by atoms with Crippen LogP contribution in [-0.4, -0.2) is 47.0 Å². The van der Waals surface area contributed by atoms with E-state index in [1.54, 1.807) is 0 Å². The zero-order valence-corrected chi connectivity index (χ0v) is 12.9. The summed E-state index contributed by atoms with van der Waals surface area (Å²) in [5.41, 5.74) is 2.25. The smallest absolute Gasteiger partial charge is 0.0543 e. The van der Waals surface area contributed by atoms with Crippen LogP contribution in [0, 0.1) is 0 Å². The van der Waals surface area contributed by atoms with Gasteiger partial charge in [-0.1, -0.05) is 12.1 Å². The molecule has 2 aromatic heterocycles. The fourth-order valence-corrected chi connectivity index (χ4v) is 2.31. The summed E-state index contributed by atoms with van der Waals surface area (Å²) in [4.78, 5) is 13.3. The van der Waals surface area contributed by atoms with Crippen LogP contribution >= 0.6 is 0 Å². The third kappa shape index (κ3) is 6.02. The van der Waals surface area contributed by atoms with Gasteiger partial charge in [-0.05, 0) is 57.9 Å². The largest absolute Gasteiger partial charge is 0.300 e. The van der Waals surface area contributed by atoms with Crippen molar-refractivity contribution in [2.24, 2.45) is 0 Å². The van der Waals surface area contributed by atoms with Crippen molar-refractivity contribution in [1.82, 2.24) is 19.8 Å². The summed E-state index contributed by atoms with van der Waals surface area (Å²) in [6, 6.07) is 12.1. The van der Waals surface area contributed by atoms with Gasteiger partial charge in [-0.2, -0.15) is 0 Å². The first-order valence-corrected chi connectivity index (χ1v) is 7.41. The summed E-state index contributed by atoms with van der Waals surface area (Å²) in [7, 11) is 4.29. The highest BCUT2D eigenvalue weighted by molar-refractivity contribution is 5.03. The van der Waals surface area contributed by atoms with Crippen LogP contribution in [0.4, 0.5) is 0 Å². The number of hydrogen-bond acceptors (Lipinski definition) is 4. The van der Waals surface area contributed by atoms with Crippen molar-refractivity contribution in [2.45, 2.75) is 19.5 Å². The van der Waals surface area contributed by atoms with Gasteiger partial charge in [-0.3, -0.25) is 9.97 Å². The first-order valence-electron chi connectivity index (χ1n) is 7.41. The van der Waals surface area contributed by atoms with Crippen molar-refractivity contribution < 1.29 is 0 Å². The summed E-state index contributed by atoms with van der Waals surface area (Å²) >= 11 is 0. The van der Waals surface area contributed by atoms with Gasteiger partial charge in [0.2, 0.25) is 0 Å². The number of nitrogens with zero attached hydrogens (tertiary/aromatic N) is 4. The average molecular weight is 284 g/mol. The molecule has 0 bridgehead atoms. The molecule has 0 radical (unpaired) electrons. The minimum Gasteiger partial charge on any atom is -0.300 e. The van der Waals surface area contributed by atoms with Crippen LogP contribution in [0.2, 0.25) is 0 Å². The Morgan fingerprint density at radius 2 is 1.24 bits per heavy atom. The quantitative estimate of drug-likeness (QED) is 0.745. The fraction of sp³-hybridized carbons (Fsp3) is 0.412. The van der Waals surface area contributed by atoms with Crippen LogP contribution in [0.5, 0.6) is 0 Å². The molecular weight excluding hydrogens is 260 g/mol. The van der Waals surface area contributed by atoms with Gasteiger partial charge in [0.25, 0.3) is 0 Å². The van der Waals surface area contributed by atoms with Gasteiger partial charge >= 0.3 is 0 Å². The lowest BCUT2D eigenvalue weighted by Crippen LogP contribution is -2.25. The molecule has 0 aliphatic heterocycles. The molecule has 4 heteroatoms. The van der Waals surface area contributed by atoms with E-state index in [9.17, 15) is 0 Å². The van der Waals surface area contributed by atoms with Gasteiger partial charge in [0.05, 0.1) is 11.4 Å². The number of pyridine rings is 2. The van der Waals surface area contributed by atoms with E-state index in [2.05, 4.69) is 46.0 Å². The highest BCUT2D eigenvalue weighted by Gasteiger charge is 2.04. The van der Waals surface area contributed by atoms with Crippen LogP contribution in [0.3, 0.4) is 0 Å². The van der Waals surface area contributed by atoms with Gasteiger partial charge in [-0.25, -0.2) is 0 Å². The standard InChI is InChI=1S/C17H24N4/c1-20(14-16-8-3-5-10-18-16)12-7-13-21(2)15-17-9-4-6-11-19-17/h3-6,8-11H,7,12-15H2,1-2H3. The zero-order chi connectivity index (χ0) is 14.9. The second kappa shape index (κ2) is 8.49. The highest BCUT2D eigenvalue weighted by atomic mass is 15.1. The van der Waals surface area contributed by atoms with Crippen molar-refractivity contribution in [3.8, 4) is 0 Å². The van der Waals surface area contributed by atoms with Gasteiger partial charge in [0.15, 0.2) is 0 Å². The van der Waals surface area contributed by atoms with E-state index in [1.807, 2.05) is 36.7 Å². The second-order valence-corrected chi connectivity index (χ2v) is 5.47. The van der Waals surface area contributed by atoms with Gasteiger partial charge in [0, 0.05) is 25.5 Å². The van der Waals surface area contributed by atoms with Gasteiger partial charge < -0.3 is 9.80 Å². The SMILES string of the molecule is CN(CCCN(C)Cc1ccccn1)Cc1ccccn1. The van der Waals surface area contributed by atoms with Crippen LogP contribution in [-0.2, 0) is 13.1 Å². The summed E-state index contributed by atoms with van der Waals surface area (Å²) in [6.07, 6.45) is 4.85. The van der Waals surface area contributed by atoms with Gasteiger partial charge in [0.1, 0.15) is 0 Å². The molecular formula is C17H24N4. The maximum Gasteiger partial charge on any atom is 0.0543 e. The van der Waals surface area contributed by atoms with Crippen molar-refractivity contribution in [3.05, 3.63) is 60.2 Å². The molecule has 21 heavy (non-hydrogen) atoms. The molecule has 0 unspecified atom stereocenters. The Bertz CT molecular complexity index is 453. The second-order valence-electron chi connectivity index (χ2n) is 5.47. The molecule has 0 aliphatic carbocycles. The van der Waals surface area contributed by atoms with Crippen LogP contribution < -0.4 is 0 Å². The minimum absolute atomic E-state index is 0.908. The van der Waals surface area contributed by atoms with E-state index < -0.39 is 0 Å². The Balaban J connectivity index is 1.64. The Morgan fingerprint density at radius 3 is 1.62 bits per heavy atom. The van der Waals surface area contributed by atoms with E-state index >= 15 is 0 Å². The van der Waals surface area contributed by atoms with Crippen LogP contribution in [0.15, 0.2) is 48.8 Å². The molecule has 2 aromatic rings. The third-order valence-corrected chi connectivity index (χ3v) is 3.40. The van der Waals surface area contributed by atoms with Crippen molar-refractivity contribution >= 4 is 0 Å². The summed E-state index contributed by atoms with van der Waals surface area (Å²) in [5, 5.41) is 0. The Labute approximate surface area is 127 Å². The Kier molecular flexibility index (Phi) is 6.31. The normalized spacial score (nSPS) is 11.2. The number of rotatable bonds is 8. The fourth-order valence-electron chi connectivity index (χ4n) is 2.31. The van der Waals surface area contributed by atoms with Crippen molar-refractivity contribution in [2.75, 3.05) is 27.2 Å². The van der Waals surface area contributed by atoms with Crippen molar-refractivity contribution in [3.63, 3.8) is 0 Å². The lowest BCUT2D eigenvalue weighted by atomic mass is 10.3. The summed E-state index contributed by atoms with van der Waals surface area (Å²) < 4.78 is 0. The molecule has 0 amide bonds. The number of aromatic nitrogens is 2. The zero-order valence-electron chi connectivity index (χ0n) is 12.9. The predicted octanol–water partition coefficient (Wildman–Crippen LogP) is 2.43. The molecule has 0 saturated carbocycles. The first kappa shape index (κ1) is 15.6. The van der Waals surface area contributed by atoms with E-state index in [0.29, 0.717) is 0 Å². The lowest BCUT2D eigenvalue weighted by Gasteiger charge is -2.19. The topological polar surface area (TPSA) is 32.3 Å².